The highest BCUT2D eigenvalue weighted by molar-refractivity contribution is 6.09. The molecule has 3 amide bonds. The van der Waals surface area contributed by atoms with Gasteiger partial charge in [0.15, 0.2) is 5.54 Å². The Morgan fingerprint density at radius 3 is 1.68 bits per heavy atom. The molecule has 0 aromatic heterocycles. The Bertz CT molecular complexity index is 709. The average Bonchev–Trinajstić information content (AvgIpc) is 2.86. The standard InChI is InChI=1S/C19H20N2O4/c22-13-11-20-17(24)19(15-7-3-1-4-8-15,16-9-5-2-6-10-16)21(12-14-23)18(20)25/h1-10,22-23H,11-14H2. The Hall–Kier alpha value is -2.70. The summed E-state index contributed by atoms with van der Waals surface area (Å²) >= 11 is 0. The highest BCUT2D eigenvalue weighted by atomic mass is 16.3. The van der Waals surface area contributed by atoms with E-state index in [0.717, 1.165) is 4.90 Å². The topological polar surface area (TPSA) is 81.1 Å². The lowest BCUT2D eigenvalue weighted by Crippen LogP contribution is -2.49. The van der Waals surface area contributed by atoms with Crippen LogP contribution in [0.5, 0.6) is 0 Å². The smallest absolute Gasteiger partial charge is 0.328 e. The molecule has 25 heavy (non-hydrogen) atoms. The lowest BCUT2D eigenvalue weighted by molar-refractivity contribution is -0.132. The molecule has 0 aliphatic carbocycles. The normalized spacial score (nSPS) is 16.6. The van der Waals surface area contributed by atoms with Crippen LogP contribution in [-0.2, 0) is 10.3 Å². The van der Waals surface area contributed by atoms with Crippen molar-refractivity contribution in [2.75, 3.05) is 26.3 Å². The molecular weight excluding hydrogens is 320 g/mol. The molecule has 1 heterocycles. The van der Waals surface area contributed by atoms with Crippen molar-refractivity contribution < 1.29 is 19.8 Å². The molecule has 0 bridgehead atoms. The fourth-order valence-corrected chi connectivity index (χ4v) is 3.43. The molecule has 0 radical (unpaired) electrons. The maximum absolute atomic E-state index is 13.4. The van der Waals surface area contributed by atoms with Gasteiger partial charge in [-0.1, -0.05) is 60.7 Å². The van der Waals surface area contributed by atoms with E-state index in [1.165, 1.54) is 4.90 Å². The third-order valence-electron chi connectivity index (χ3n) is 4.45. The third kappa shape index (κ3) is 2.59. The Balaban J connectivity index is 2.28. The summed E-state index contributed by atoms with van der Waals surface area (Å²) in [7, 11) is 0. The summed E-state index contributed by atoms with van der Waals surface area (Å²) < 4.78 is 0. The SMILES string of the molecule is O=C1N(CCO)C(=O)C(c2ccccc2)(c2ccccc2)N1CCO. The molecule has 2 aromatic carbocycles. The van der Waals surface area contributed by atoms with Crippen molar-refractivity contribution >= 4 is 11.9 Å². The fourth-order valence-electron chi connectivity index (χ4n) is 3.43. The first-order valence-electron chi connectivity index (χ1n) is 8.14. The van der Waals surface area contributed by atoms with Crippen LogP contribution in [0.4, 0.5) is 4.79 Å². The Morgan fingerprint density at radius 1 is 0.760 bits per heavy atom. The zero-order valence-corrected chi connectivity index (χ0v) is 13.7. The van der Waals surface area contributed by atoms with Crippen LogP contribution < -0.4 is 0 Å². The van der Waals surface area contributed by atoms with Gasteiger partial charge >= 0.3 is 6.03 Å². The summed E-state index contributed by atoms with van der Waals surface area (Å²) in [4.78, 5) is 28.7. The number of β-amino-alcohol motifs (C(OH)–C–C–N with tert-alkyl or cyclic N) is 2. The number of imide groups is 1. The minimum absolute atomic E-state index is 0.0102. The van der Waals surface area contributed by atoms with Crippen molar-refractivity contribution in [3.05, 3.63) is 71.8 Å². The molecule has 1 aliphatic rings. The van der Waals surface area contributed by atoms with Gasteiger partial charge in [-0.15, -0.1) is 0 Å². The molecule has 0 unspecified atom stereocenters. The number of urea groups is 1. The van der Waals surface area contributed by atoms with E-state index in [2.05, 4.69) is 0 Å². The van der Waals surface area contributed by atoms with Gasteiger partial charge in [0.25, 0.3) is 5.91 Å². The van der Waals surface area contributed by atoms with E-state index in [-0.39, 0.29) is 26.3 Å². The van der Waals surface area contributed by atoms with E-state index >= 15 is 0 Å². The summed E-state index contributed by atoms with van der Waals surface area (Å²) in [6, 6.07) is 17.6. The minimum Gasteiger partial charge on any atom is -0.395 e. The summed E-state index contributed by atoms with van der Waals surface area (Å²) in [5.74, 6) is -0.419. The number of rotatable bonds is 6. The van der Waals surface area contributed by atoms with E-state index < -0.39 is 17.5 Å². The number of hydrogen-bond acceptors (Lipinski definition) is 4. The van der Waals surface area contributed by atoms with Crippen LogP contribution in [0.25, 0.3) is 0 Å². The molecule has 0 saturated carbocycles. The molecule has 2 N–H and O–H groups in total. The maximum atomic E-state index is 13.4. The summed E-state index contributed by atoms with van der Waals surface area (Å²) in [5, 5.41) is 18.8. The van der Waals surface area contributed by atoms with Crippen molar-refractivity contribution in [1.82, 2.24) is 9.80 Å². The molecule has 3 rings (SSSR count). The van der Waals surface area contributed by atoms with Gasteiger partial charge in [-0.2, -0.15) is 0 Å². The predicted molar refractivity (Wildman–Crippen MR) is 91.7 cm³/mol. The summed E-state index contributed by atoms with van der Waals surface area (Å²) in [6.45, 7) is -0.658. The van der Waals surface area contributed by atoms with Gasteiger partial charge in [0.2, 0.25) is 0 Å². The molecule has 1 fully saturated rings. The van der Waals surface area contributed by atoms with Crippen LogP contribution in [0, 0.1) is 0 Å². The van der Waals surface area contributed by atoms with Crippen molar-refractivity contribution in [3.63, 3.8) is 0 Å². The van der Waals surface area contributed by atoms with Crippen LogP contribution in [0.15, 0.2) is 60.7 Å². The van der Waals surface area contributed by atoms with Gasteiger partial charge in [0.05, 0.1) is 19.8 Å². The van der Waals surface area contributed by atoms with Gasteiger partial charge in [0.1, 0.15) is 0 Å². The number of carbonyl (C=O) groups excluding carboxylic acids is 2. The zero-order valence-electron chi connectivity index (χ0n) is 13.7. The second kappa shape index (κ2) is 7.04. The monoisotopic (exact) mass is 340 g/mol. The second-order valence-corrected chi connectivity index (χ2v) is 5.78. The number of aliphatic hydroxyl groups excluding tert-OH is 2. The van der Waals surface area contributed by atoms with Crippen molar-refractivity contribution in [3.8, 4) is 0 Å². The third-order valence-corrected chi connectivity index (χ3v) is 4.45. The number of amides is 3. The molecule has 1 aliphatic heterocycles. The molecule has 6 nitrogen and oxygen atoms in total. The Labute approximate surface area is 145 Å². The lowest BCUT2D eigenvalue weighted by atomic mass is 9.81. The summed E-state index contributed by atoms with van der Waals surface area (Å²) in [6.07, 6.45) is 0. The van der Waals surface area contributed by atoms with Gasteiger partial charge in [-0.3, -0.25) is 14.6 Å². The van der Waals surface area contributed by atoms with E-state index in [9.17, 15) is 19.8 Å². The minimum atomic E-state index is -1.35. The van der Waals surface area contributed by atoms with Crippen LogP contribution in [0.1, 0.15) is 11.1 Å². The molecule has 0 spiro atoms. The quantitative estimate of drug-likeness (QED) is 0.774. The van der Waals surface area contributed by atoms with Crippen LogP contribution in [-0.4, -0.2) is 58.3 Å². The van der Waals surface area contributed by atoms with E-state index in [1.54, 1.807) is 24.3 Å². The highest BCUT2D eigenvalue weighted by Crippen LogP contribution is 2.42. The van der Waals surface area contributed by atoms with Crippen LogP contribution >= 0.6 is 0 Å². The van der Waals surface area contributed by atoms with E-state index in [0.29, 0.717) is 11.1 Å². The largest absolute Gasteiger partial charge is 0.395 e. The zero-order chi connectivity index (χ0) is 17.9. The Morgan fingerprint density at radius 2 is 1.24 bits per heavy atom. The average molecular weight is 340 g/mol. The van der Waals surface area contributed by atoms with Crippen molar-refractivity contribution in [2.24, 2.45) is 0 Å². The van der Waals surface area contributed by atoms with Crippen LogP contribution in [0.2, 0.25) is 0 Å². The van der Waals surface area contributed by atoms with E-state index in [1.807, 2.05) is 36.4 Å². The predicted octanol–water partition coefficient (Wildman–Crippen LogP) is 1.18. The number of carbonyl (C=O) groups is 2. The first-order valence-corrected chi connectivity index (χ1v) is 8.14. The molecule has 2 aromatic rings. The number of benzene rings is 2. The van der Waals surface area contributed by atoms with Gasteiger partial charge in [-0.05, 0) is 11.1 Å². The summed E-state index contributed by atoms with van der Waals surface area (Å²) in [5.41, 5.74) is -0.0563. The second-order valence-electron chi connectivity index (χ2n) is 5.78. The van der Waals surface area contributed by atoms with Crippen molar-refractivity contribution in [1.29, 1.82) is 0 Å². The highest BCUT2D eigenvalue weighted by Gasteiger charge is 2.58. The number of hydrogen-bond donors (Lipinski definition) is 2. The fraction of sp³-hybridized carbons (Fsp3) is 0.263. The van der Waals surface area contributed by atoms with Gasteiger partial charge in [0, 0.05) is 6.54 Å². The molecular formula is C19H20N2O4. The first-order chi connectivity index (χ1) is 12.2. The van der Waals surface area contributed by atoms with Crippen molar-refractivity contribution in [2.45, 2.75) is 5.54 Å². The maximum Gasteiger partial charge on any atom is 0.328 e. The number of aliphatic hydroxyl groups is 2. The molecule has 6 heteroatoms. The molecule has 0 atom stereocenters. The lowest BCUT2D eigenvalue weighted by Gasteiger charge is -2.36. The van der Waals surface area contributed by atoms with Gasteiger partial charge < -0.3 is 10.2 Å². The first kappa shape index (κ1) is 17.1. The Kier molecular flexibility index (Phi) is 4.83. The van der Waals surface area contributed by atoms with Gasteiger partial charge in [-0.25, -0.2) is 4.79 Å². The molecule has 130 valence electrons. The number of nitrogens with zero attached hydrogens (tertiary/aromatic N) is 2. The molecule has 1 saturated heterocycles. The van der Waals surface area contributed by atoms with Crippen LogP contribution in [0.3, 0.4) is 0 Å². The van der Waals surface area contributed by atoms with E-state index in [4.69, 9.17) is 0 Å².